The molecule has 0 amide bonds. The molecule has 0 rings (SSSR count). The van der Waals surface area contributed by atoms with Gasteiger partial charge in [0.15, 0.2) is 0 Å². The molecular weight excluding hydrogens is 424 g/mol. The van der Waals surface area contributed by atoms with E-state index in [2.05, 4.69) is 66.6 Å². The van der Waals surface area contributed by atoms with Gasteiger partial charge in [0.05, 0.1) is 0 Å². The van der Waals surface area contributed by atoms with Gasteiger partial charge in [0.25, 0.3) is 0 Å². The highest BCUT2D eigenvalue weighted by atomic mass is 16.6. The molecule has 0 bridgehead atoms. The van der Waals surface area contributed by atoms with E-state index in [1.807, 2.05) is 0 Å². The molecule has 0 N–H and O–H groups in total. The Morgan fingerprint density at radius 1 is 0.594 bits per heavy atom. The van der Waals surface area contributed by atoms with E-state index in [-0.39, 0.29) is 23.6 Å². The number of esters is 4. The van der Waals surface area contributed by atoms with E-state index in [4.69, 9.17) is 18.9 Å². The molecule has 0 saturated heterocycles. The highest BCUT2D eigenvalue weighted by Crippen LogP contribution is 2.23. The van der Waals surface area contributed by atoms with Crippen LogP contribution in [0.5, 0.6) is 0 Å². The summed E-state index contributed by atoms with van der Waals surface area (Å²) < 4.78 is 20.4. The summed E-state index contributed by atoms with van der Waals surface area (Å²) in [4.78, 5) is 61.1. The molecule has 0 aliphatic carbocycles. The van der Waals surface area contributed by atoms with Crippen LogP contribution in [0.25, 0.3) is 0 Å². The van der Waals surface area contributed by atoms with Crippen LogP contribution >= 0.6 is 0 Å². The Kier molecular flexibility index (Phi) is 12.1. The first-order valence-corrected chi connectivity index (χ1v) is 8.62. The number of aliphatic imine (C=N–C) groups is 4. The van der Waals surface area contributed by atoms with Crippen LogP contribution in [0.3, 0.4) is 0 Å². The van der Waals surface area contributed by atoms with Gasteiger partial charge in [-0.2, -0.15) is 0 Å². The zero-order valence-corrected chi connectivity index (χ0v) is 17.5. The molecule has 12 nitrogen and oxygen atoms in total. The molecule has 32 heavy (non-hydrogen) atoms. The zero-order chi connectivity index (χ0) is 24.7. The Hall–Kier alpha value is -4.22. The third-order valence-electron chi connectivity index (χ3n) is 3.59. The summed E-state index contributed by atoms with van der Waals surface area (Å²) in [6.07, 6.45) is 0. The van der Waals surface area contributed by atoms with Crippen molar-refractivity contribution in [1.82, 2.24) is 0 Å². The minimum absolute atomic E-state index is 0.311. The van der Waals surface area contributed by atoms with Crippen molar-refractivity contribution in [2.45, 2.75) is 0 Å². The number of nitrogens with zero attached hydrogens (tertiary/aromatic N) is 4. The van der Waals surface area contributed by atoms with E-state index >= 15 is 0 Å². The number of carbonyl (C=O) groups excluding carboxylic acids is 4. The summed E-state index contributed by atoms with van der Waals surface area (Å²) in [5.41, 5.74) is -2.50. The van der Waals surface area contributed by atoms with E-state index < -0.39 is 55.7 Å². The molecule has 0 aromatic carbocycles. The Labute approximate surface area is 184 Å². The molecular formula is C20H24N4O8. The van der Waals surface area contributed by atoms with Gasteiger partial charge in [-0.1, -0.05) is 19.7 Å². The predicted molar refractivity (Wildman–Crippen MR) is 117 cm³/mol. The Morgan fingerprint density at radius 3 is 1.19 bits per heavy atom. The fourth-order valence-electron chi connectivity index (χ4n) is 1.72. The van der Waals surface area contributed by atoms with Crippen molar-refractivity contribution in [2.75, 3.05) is 33.0 Å². The number of hydrogen-bond donors (Lipinski definition) is 0. The average Bonchev–Trinajstić information content (AvgIpc) is 2.80. The SMILES string of the molecule is C=NCC(=O)OCC(COC(=O)C(=C)N=C)(COC(=O)C(=C)N=C)COC(=O)C(=C)N=C. The van der Waals surface area contributed by atoms with Crippen molar-refractivity contribution in [3.8, 4) is 0 Å². The quantitative estimate of drug-likeness (QED) is 0.143. The van der Waals surface area contributed by atoms with Crippen LogP contribution in [0, 0.1) is 5.41 Å². The molecule has 0 fully saturated rings. The van der Waals surface area contributed by atoms with Gasteiger partial charge in [-0.05, 0) is 26.9 Å². The van der Waals surface area contributed by atoms with Crippen molar-refractivity contribution in [3.05, 3.63) is 36.8 Å². The standard InChI is InChI=1S/C20H24N4O8/c1-13(22-5)17(26)30-10-20(9-29-16(25)8-21-4,11-31-18(27)14(2)23-6)12-32-19(28)15(3)24-7/h1-12H2. The van der Waals surface area contributed by atoms with E-state index in [0.717, 1.165) is 0 Å². The highest BCUT2D eigenvalue weighted by Gasteiger charge is 2.38. The number of hydrogen-bond acceptors (Lipinski definition) is 12. The predicted octanol–water partition coefficient (Wildman–Crippen LogP) is 0.489. The van der Waals surface area contributed by atoms with Crippen LogP contribution in [-0.2, 0) is 38.1 Å². The first-order valence-electron chi connectivity index (χ1n) is 8.62. The van der Waals surface area contributed by atoms with Crippen molar-refractivity contribution >= 4 is 50.7 Å². The molecule has 172 valence electrons. The summed E-state index contributed by atoms with van der Waals surface area (Å²) >= 11 is 0. The van der Waals surface area contributed by atoms with Crippen molar-refractivity contribution in [3.63, 3.8) is 0 Å². The molecule has 0 radical (unpaired) electrons. The van der Waals surface area contributed by atoms with Crippen LogP contribution in [0.2, 0.25) is 0 Å². The average molecular weight is 448 g/mol. The highest BCUT2D eigenvalue weighted by molar-refractivity contribution is 5.89. The summed E-state index contributed by atoms with van der Waals surface area (Å²) in [5.74, 6) is -3.68. The molecule has 12 heteroatoms. The van der Waals surface area contributed by atoms with Crippen LogP contribution in [0.15, 0.2) is 56.8 Å². The summed E-state index contributed by atoms with van der Waals surface area (Å²) in [5, 5.41) is 0. The lowest BCUT2D eigenvalue weighted by Crippen LogP contribution is -2.44. The van der Waals surface area contributed by atoms with Gasteiger partial charge < -0.3 is 18.9 Å². The summed E-state index contributed by atoms with van der Waals surface area (Å²) in [6, 6.07) is 0. The first-order chi connectivity index (χ1) is 15.1. The molecule has 0 spiro atoms. The van der Waals surface area contributed by atoms with Crippen LogP contribution < -0.4 is 0 Å². The largest absolute Gasteiger partial charge is 0.463 e. The lowest BCUT2D eigenvalue weighted by atomic mass is 9.92. The summed E-state index contributed by atoms with van der Waals surface area (Å²) in [7, 11) is 0. The normalized spacial score (nSPS) is 10.0. The third kappa shape index (κ3) is 9.52. The van der Waals surface area contributed by atoms with Crippen molar-refractivity contribution < 1.29 is 38.1 Å². The minimum atomic E-state index is -1.57. The third-order valence-corrected chi connectivity index (χ3v) is 3.59. The molecule has 0 aromatic heterocycles. The van der Waals surface area contributed by atoms with Gasteiger partial charge >= 0.3 is 23.9 Å². The first kappa shape index (κ1) is 27.8. The van der Waals surface area contributed by atoms with Gasteiger partial charge in [-0.3, -0.25) is 24.8 Å². The maximum absolute atomic E-state index is 12.0. The smallest absolute Gasteiger partial charge is 0.356 e. The second kappa shape index (κ2) is 13.9. The van der Waals surface area contributed by atoms with Crippen molar-refractivity contribution in [1.29, 1.82) is 0 Å². The second-order valence-electron chi connectivity index (χ2n) is 6.09. The van der Waals surface area contributed by atoms with Crippen LogP contribution in [0.4, 0.5) is 0 Å². The molecule has 0 aromatic rings. The number of carbonyl (C=O) groups is 4. The lowest BCUT2D eigenvalue weighted by Gasteiger charge is -2.31. The lowest BCUT2D eigenvalue weighted by molar-refractivity contribution is -0.166. The number of ether oxygens (including phenoxy) is 4. The Bertz CT molecular complexity index is 758. The maximum Gasteiger partial charge on any atom is 0.356 e. The topological polar surface area (TPSA) is 155 Å². The maximum atomic E-state index is 12.0. The van der Waals surface area contributed by atoms with Crippen LogP contribution in [-0.4, -0.2) is 83.7 Å². The van der Waals surface area contributed by atoms with E-state index in [1.165, 1.54) is 0 Å². The Morgan fingerprint density at radius 2 is 0.906 bits per heavy atom. The van der Waals surface area contributed by atoms with Crippen LogP contribution in [0.1, 0.15) is 0 Å². The van der Waals surface area contributed by atoms with Gasteiger partial charge in [-0.25, -0.2) is 14.4 Å². The zero-order valence-electron chi connectivity index (χ0n) is 17.5. The molecule has 0 aliphatic heterocycles. The molecule has 0 heterocycles. The Balaban J connectivity index is 5.84. The van der Waals surface area contributed by atoms with Gasteiger partial charge in [0.2, 0.25) is 0 Å². The van der Waals surface area contributed by atoms with Gasteiger partial charge in [0, 0.05) is 0 Å². The minimum Gasteiger partial charge on any atom is -0.463 e. The fourth-order valence-corrected chi connectivity index (χ4v) is 1.72. The van der Waals surface area contributed by atoms with Gasteiger partial charge in [0.1, 0.15) is 55.5 Å². The van der Waals surface area contributed by atoms with E-state index in [1.54, 1.807) is 0 Å². The molecule has 0 unspecified atom stereocenters. The van der Waals surface area contributed by atoms with E-state index in [9.17, 15) is 19.2 Å². The molecule has 0 aliphatic rings. The molecule has 0 saturated carbocycles. The van der Waals surface area contributed by atoms with Crippen molar-refractivity contribution in [2.24, 2.45) is 25.4 Å². The fraction of sp³-hybridized carbons (Fsp3) is 0.300. The second-order valence-corrected chi connectivity index (χ2v) is 6.09. The van der Waals surface area contributed by atoms with Gasteiger partial charge in [-0.15, -0.1) is 0 Å². The summed E-state index contributed by atoms with van der Waals surface area (Å²) in [6.45, 7) is 20.1. The van der Waals surface area contributed by atoms with E-state index in [0.29, 0.717) is 0 Å². The number of rotatable bonds is 16. The monoisotopic (exact) mass is 448 g/mol. The molecule has 0 atom stereocenters.